The Labute approximate surface area is 220 Å². The number of imide groups is 1. The van der Waals surface area contributed by atoms with E-state index in [2.05, 4.69) is 12.2 Å². The number of nitrogens with two attached hydrogens (primary N) is 1. The van der Waals surface area contributed by atoms with E-state index in [1.165, 1.54) is 6.07 Å². The Morgan fingerprint density at radius 2 is 1.89 bits per heavy atom. The zero-order chi connectivity index (χ0) is 27.0. The van der Waals surface area contributed by atoms with Gasteiger partial charge in [-0.25, -0.2) is 9.69 Å². The topological polar surface area (TPSA) is 139 Å². The molecule has 1 saturated carbocycles. The van der Waals surface area contributed by atoms with E-state index in [0.29, 0.717) is 30.1 Å². The van der Waals surface area contributed by atoms with Crippen molar-refractivity contribution in [3.8, 4) is 0 Å². The fourth-order valence-electron chi connectivity index (χ4n) is 5.40. The molecule has 2 atom stereocenters. The van der Waals surface area contributed by atoms with Gasteiger partial charge in [0.2, 0.25) is 11.5 Å². The molecule has 10 heteroatoms. The van der Waals surface area contributed by atoms with Crippen molar-refractivity contribution >= 4 is 35.4 Å². The lowest BCUT2D eigenvalue weighted by molar-refractivity contribution is -0.138. The molecule has 5 rings (SSSR count). The number of nitrogens with one attached hydrogen (secondary N) is 1. The molecule has 1 heterocycles. The summed E-state index contributed by atoms with van der Waals surface area (Å²) in [4.78, 5) is 65.2. The number of carbonyl (C=O) groups is 5. The summed E-state index contributed by atoms with van der Waals surface area (Å²) in [6.07, 6.45) is 2.10. The first-order chi connectivity index (χ1) is 18.2. The molecule has 1 saturated heterocycles. The number of nitrogens with zero attached hydrogens (tertiary/aromatic N) is 2. The number of primary amides is 1. The van der Waals surface area contributed by atoms with Gasteiger partial charge in [0.25, 0.3) is 5.91 Å². The highest BCUT2D eigenvalue weighted by atomic mass is 16.6. The Morgan fingerprint density at radius 3 is 2.58 bits per heavy atom. The van der Waals surface area contributed by atoms with E-state index in [1.807, 2.05) is 35.2 Å². The van der Waals surface area contributed by atoms with Crippen LogP contribution in [0.2, 0.25) is 0 Å². The molecule has 5 amide bonds. The minimum Gasteiger partial charge on any atom is -0.427 e. The number of aryl methyl sites for hydroxylation is 1. The fraction of sp³-hybridized carbons (Fsp3) is 0.393. The molecule has 198 valence electrons. The van der Waals surface area contributed by atoms with Crippen molar-refractivity contribution in [3.05, 3.63) is 65.2 Å². The summed E-state index contributed by atoms with van der Waals surface area (Å²) < 4.78 is 5.66. The zero-order valence-electron chi connectivity index (χ0n) is 21.1. The van der Waals surface area contributed by atoms with E-state index < -0.39 is 29.4 Å². The molecule has 0 radical (unpaired) electrons. The van der Waals surface area contributed by atoms with Gasteiger partial charge >= 0.3 is 17.9 Å². The number of ether oxygens (including phenoxy) is 1. The summed E-state index contributed by atoms with van der Waals surface area (Å²) in [7, 11) is 0. The third-order valence-corrected chi connectivity index (χ3v) is 7.70. The van der Waals surface area contributed by atoms with Crippen LogP contribution in [0.5, 0.6) is 0 Å². The highest BCUT2D eigenvalue weighted by Crippen LogP contribution is 2.46. The van der Waals surface area contributed by atoms with Crippen molar-refractivity contribution in [1.82, 2.24) is 9.80 Å². The van der Waals surface area contributed by atoms with Crippen LogP contribution in [-0.2, 0) is 42.5 Å². The summed E-state index contributed by atoms with van der Waals surface area (Å²) in [6, 6.07) is 14.6. The highest BCUT2D eigenvalue weighted by Gasteiger charge is 2.58. The molecule has 1 unspecified atom stereocenters. The summed E-state index contributed by atoms with van der Waals surface area (Å²) in [5.41, 5.74) is 6.18. The van der Waals surface area contributed by atoms with Crippen molar-refractivity contribution in [1.29, 1.82) is 0 Å². The quantitative estimate of drug-likeness (QED) is 0.515. The first-order valence-corrected chi connectivity index (χ1v) is 12.8. The van der Waals surface area contributed by atoms with Crippen LogP contribution in [0.25, 0.3) is 0 Å². The van der Waals surface area contributed by atoms with Gasteiger partial charge in [0.05, 0.1) is 0 Å². The first kappa shape index (κ1) is 25.4. The van der Waals surface area contributed by atoms with Crippen LogP contribution in [0.4, 0.5) is 10.5 Å². The summed E-state index contributed by atoms with van der Waals surface area (Å²) in [5, 5.41) is 2.40. The van der Waals surface area contributed by atoms with Crippen LogP contribution in [-0.4, -0.2) is 52.1 Å². The number of carbonyl (C=O) groups excluding carboxylic acids is 5. The lowest BCUT2D eigenvalue weighted by Crippen LogP contribution is -2.42. The SMILES string of the molecule is C[C@@H](C1CC1)N(Cc1ccccc1)C(=O)CCN1C(=O)OC2(CCc3cc(NC(=O)C(N)=O)ccc32)C1=O. The van der Waals surface area contributed by atoms with E-state index in [-0.39, 0.29) is 31.3 Å². The molecule has 10 nitrogen and oxygen atoms in total. The highest BCUT2D eigenvalue weighted by molar-refractivity contribution is 6.39. The van der Waals surface area contributed by atoms with Crippen molar-refractivity contribution in [2.45, 2.75) is 57.2 Å². The van der Waals surface area contributed by atoms with Crippen LogP contribution < -0.4 is 11.1 Å². The van der Waals surface area contributed by atoms with Crippen LogP contribution in [0.3, 0.4) is 0 Å². The number of rotatable bonds is 8. The van der Waals surface area contributed by atoms with Crippen molar-refractivity contribution in [2.75, 3.05) is 11.9 Å². The monoisotopic (exact) mass is 518 g/mol. The molecule has 3 aliphatic rings. The van der Waals surface area contributed by atoms with Gasteiger partial charge in [0.15, 0.2) is 0 Å². The molecule has 0 aromatic heterocycles. The first-order valence-electron chi connectivity index (χ1n) is 12.8. The van der Waals surface area contributed by atoms with Gasteiger partial charge in [-0.2, -0.15) is 0 Å². The number of benzene rings is 2. The standard InChI is InChI=1S/C28H30N4O6/c1-17(19-7-8-19)32(16-18-5-3-2-4-6-18)23(33)12-14-31-26(36)28(38-27(31)37)13-11-20-15-21(9-10-22(20)28)30-25(35)24(29)34/h2-6,9-10,15,17,19H,7-8,11-14,16H2,1H3,(H2,29,34)(H,30,35)/t17-,28?/m0/s1. The largest absolute Gasteiger partial charge is 0.427 e. The molecule has 2 fully saturated rings. The van der Waals surface area contributed by atoms with E-state index in [9.17, 15) is 24.0 Å². The minimum absolute atomic E-state index is 0.00571. The maximum Gasteiger partial charge on any atom is 0.418 e. The van der Waals surface area contributed by atoms with E-state index in [1.54, 1.807) is 12.1 Å². The second-order valence-electron chi connectivity index (χ2n) is 10.2. The van der Waals surface area contributed by atoms with Gasteiger partial charge in [-0.15, -0.1) is 0 Å². The number of anilines is 1. The van der Waals surface area contributed by atoms with Gasteiger partial charge in [-0.1, -0.05) is 36.4 Å². The van der Waals surface area contributed by atoms with Crippen LogP contribution >= 0.6 is 0 Å². The third-order valence-electron chi connectivity index (χ3n) is 7.70. The number of amides is 5. The Bertz CT molecular complexity index is 1310. The molecule has 1 aliphatic heterocycles. The second-order valence-corrected chi connectivity index (χ2v) is 10.2. The van der Waals surface area contributed by atoms with Gasteiger partial charge in [0, 0.05) is 43.2 Å². The smallest absolute Gasteiger partial charge is 0.418 e. The molecule has 0 bridgehead atoms. The van der Waals surface area contributed by atoms with E-state index >= 15 is 0 Å². The van der Waals surface area contributed by atoms with Crippen molar-refractivity contribution in [2.24, 2.45) is 11.7 Å². The fourth-order valence-corrected chi connectivity index (χ4v) is 5.40. The molecule has 2 aliphatic carbocycles. The molecule has 2 aromatic rings. The maximum absolute atomic E-state index is 13.5. The molecule has 2 aromatic carbocycles. The van der Waals surface area contributed by atoms with Crippen LogP contribution in [0, 0.1) is 5.92 Å². The molecular weight excluding hydrogens is 488 g/mol. The summed E-state index contributed by atoms with van der Waals surface area (Å²) >= 11 is 0. The van der Waals surface area contributed by atoms with Gasteiger partial charge in [0.1, 0.15) is 0 Å². The predicted octanol–water partition coefficient (Wildman–Crippen LogP) is 2.45. The van der Waals surface area contributed by atoms with Crippen molar-refractivity contribution < 1.29 is 28.7 Å². The number of fused-ring (bicyclic) bond motifs is 2. The van der Waals surface area contributed by atoms with Crippen LogP contribution in [0.15, 0.2) is 48.5 Å². The Hall–Kier alpha value is -4.21. The Kier molecular flexibility index (Phi) is 6.64. The molecule has 3 N–H and O–H groups in total. The van der Waals surface area contributed by atoms with E-state index in [4.69, 9.17) is 10.5 Å². The van der Waals surface area contributed by atoms with Gasteiger partial charge < -0.3 is 20.7 Å². The summed E-state index contributed by atoms with van der Waals surface area (Å²) in [5.74, 6) is -2.20. The number of hydrogen-bond acceptors (Lipinski definition) is 6. The van der Waals surface area contributed by atoms with E-state index in [0.717, 1.165) is 28.9 Å². The van der Waals surface area contributed by atoms with Gasteiger partial charge in [-0.05, 0) is 55.4 Å². The Morgan fingerprint density at radius 1 is 1.16 bits per heavy atom. The lowest BCUT2D eigenvalue weighted by atomic mass is 9.94. The predicted molar refractivity (Wildman–Crippen MR) is 136 cm³/mol. The van der Waals surface area contributed by atoms with Gasteiger partial charge in [-0.3, -0.25) is 19.2 Å². The second kappa shape index (κ2) is 9.92. The number of hydrogen-bond donors (Lipinski definition) is 2. The molecular formula is C28H30N4O6. The Balaban J connectivity index is 1.28. The van der Waals surface area contributed by atoms with Crippen LogP contribution in [0.1, 0.15) is 49.3 Å². The minimum atomic E-state index is -1.45. The maximum atomic E-state index is 13.5. The van der Waals surface area contributed by atoms with Crippen molar-refractivity contribution in [3.63, 3.8) is 0 Å². The lowest BCUT2D eigenvalue weighted by Gasteiger charge is -2.30. The zero-order valence-corrected chi connectivity index (χ0v) is 21.1. The third kappa shape index (κ3) is 4.73. The molecule has 1 spiro atoms. The normalized spacial score (nSPS) is 20.7. The summed E-state index contributed by atoms with van der Waals surface area (Å²) in [6.45, 7) is 2.46. The molecule has 38 heavy (non-hydrogen) atoms. The average Bonchev–Trinajstić information content (AvgIpc) is 3.65. The average molecular weight is 519 g/mol.